The number of nitrogens with zero attached hydrogens (tertiary/aromatic N) is 3. The highest BCUT2D eigenvalue weighted by Crippen LogP contribution is 2.22. The summed E-state index contributed by atoms with van der Waals surface area (Å²) in [6.45, 7) is 0. The predicted octanol–water partition coefficient (Wildman–Crippen LogP) is 1.83. The van der Waals surface area contributed by atoms with Crippen molar-refractivity contribution in [2.75, 3.05) is 4.72 Å². The van der Waals surface area contributed by atoms with Crippen LogP contribution < -0.4 is 4.72 Å². The Balaban J connectivity index is 2.06. The molecule has 100 valence electrons. The standard InChI is InChI=1S/C13H10N4O2S/c18-20(19,13-15-8-3-9-16-13)17-11-6-1-4-10-5-2-7-14-12(10)11/h1-9,17H. The Kier molecular flexibility index (Phi) is 3.03. The molecule has 0 spiro atoms. The topological polar surface area (TPSA) is 84.8 Å². The van der Waals surface area contributed by atoms with Gasteiger partial charge in [-0.05, 0) is 18.2 Å². The zero-order valence-electron chi connectivity index (χ0n) is 10.3. The van der Waals surface area contributed by atoms with Crippen LogP contribution >= 0.6 is 0 Å². The molecule has 0 aliphatic heterocycles. The molecule has 2 aromatic heterocycles. The number of anilines is 1. The van der Waals surface area contributed by atoms with E-state index in [4.69, 9.17) is 0 Å². The lowest BCUT2D eigenvalue weighted by Gasteiger charge is -2.08. The molecule has 6 nitrogen and oxygen atoms in total. The molecule has 0 aliphatic carbocycles. The van der Waals surface area contributed by atoms with Gasteiger partial charge in [-0.2, -0.15) is 8.42 Å². The number of hydrogen-bond donors (Lipinski definition) is 1. The molecule has 0 saturated heterocycles. The summed E-state index contributed by atoms with van der Waals surface area (Å²) in [5.41, 5.74) is 0.977. The average molecular weight is 286 g/mol. The van der Waals surface area contributed by atoms with Crippen LogP contribution in [0.25, 0.3) is 10.9 Å². The van der Waals surface area contributed by atoms with Gasteiger partial charge in [0, 0.05) is 24.0 Å². The Hall–Kier alpha value is -2.54. The Morgan fingerprint density at radius 1 is 0.850 bits per heavy atom. The highest BCUT2D eigenvalue weighted by Gasteiger charge is 2.18. The maximum atomic E-state index is 12.2. The first kappa shape index (κ1) is 12.5. The number of pyridine rings is 1. The molecule has 3 aromatic rings. The molecule has 2 heterocycles. The summed E-state index contributed by atoms with van der Waals surface area (Å²) in [7, 11) is -3.82. The van der Waals surface area contributed by atoms with Gasteiger partial charge in [-0.1, -0.05) is 18.2 Å². The lowest BCUT2D eigenvalue weighted by Crippen LogP contribution is -2.16. The number of benzene rings is 1. The fourth-order valence-electron chi connectivity index (χ4n) is 1.80. The van der Waals surface area contributed by atoms with E-state index >= 15 is 0 Å². The molecule has 20 heavy (non-hydrogen) atoms. The Morgan fingerprint density at radius 2 is 1.55 bits per heavy atom. The third-order valence-electron chi connectivity index (χ3n) is 2.66. The van der Waals surface area contributed by atoms with Crippen LogP contribution in [0.15, 0.2) is 60.1 Å². The number of hydrogen-bond acceptors (Lipinski definition) is 5. The quantitative estimate of drug-likeness (QED) is 0.742. The zero-order chi connectivity index (χ0) is 14.0. The Bertz CT molecular complexity index is 845. The van der Waals surface area contributed by atoms with Gasteiger partial charge in [0.2, 0.25) is 0 Å². The van der Waals surface area contributed by atoms with E-state index in [1.807, 2.05) is 12.1 Å². The van der Waals surface area contributed by atoms with Gasteiger partial charge in [-0.3, -0.25) is 9.71 Å². The van der Waals surface area contributed by atoms with E-state index in [1.165, 1.54) is 12.4 Å². The van der Waals surface area contributed by atoms with Crippen molar-refractivity contribution < 1.29 is 8.42 Å². The molecule has 0 bridgehead atoms. The molecule has 0 aliphatic rings. The number of para-hydroxylation sites is 1. The second-order valence-corrected chi connectivity index (χ2v) is 5.59. The molecule has 0 unspecified atom stereocenters. The molecule has 7 heteroatoms. The summed E-state index contributed by atoms with van der Waals surface area (Å²) in [5.74, 6) is 0. The molecule has 0 radical (unpaired) electrons. The Labute approximate surface area is 115 Å². The maximum Gasteiger partial charge on any atom is 0.297 e. The first-order valence-electron chi connectivity index (χ1n) is 5.80. The van der Waals surface area contributed by atoms with E-state index in [9.17, 15) is 8.42 Å². The minimum Gasteiger partial charge on any atom is -0.275 e. The van der Waals surface area contributed by atoms with E-state index < -0.39 is 10.0 Å². The summed E-state index contributed by atoms with van der Waals surface area (Å²) >= 11 is 0. The van der Waals surface area contributed by atoms with Gasteiger partial charge in [0.1, 0.15) is 0 Å². The minimum absolute atomic E-state index is 0.270. The highest BCUT2D eigenvalue weighted by atomic mass is 32.2. The van der Waals surface area contributed by atoms with Gasteiger partial charge in [0.05, 0.1) is 11.2 Å². The molecule has 0 atom stereocenters. The molecule has 0 fully saturated rings. The van der Waals surface area contributed by atoms with Crippen molar-refractivity contribution in [2.24, 2.45) is 0 Å². The van der Waals surface area contributed by atoms with Crippen molar-refractivity contribution in [1.29, 1.82) is 0 Å². The van der Waals surface area contributed by atoms with E-state index in [0.717, 1.165) is 5.39 Å². The van der Waals surface area contributed by atoms with Gasteiger partial charge in [0.15, 0.2) is 0 Å². The number of sulfonamides is 1. The van der Waals surface area contributed by atoms with Crippen molar-refractivity contribution in [3.05, 3.63) is 55.0 Å². The molecular weight excluding hydrogens is 276 g/mol. The smallest absolute Gasteiger partial charge is 0.275 e. The lowest BCUT2D eigenvalue weighted by atomic mass is 10.2. The maximum absolute atomic E-state index is 12.2. The van der Waals surface area contributed by atoms with Crippen LogP contribution in [0.1, 0.15) is 0 Å². The third kappa shape index (κ3) is 2.30. The highest BCUT2D eigenvalue weighted by molar-refractivity contribution is 7.92. The van der Waals surface area contributed by atoms with Gasteiger partial charge in [-0.25, -0.2) is 9.97 Å². The monoisotopic (exact) mass is 286 g/mol. The number of aromatic nitrogens is 3. The summed E-state index contributed by atoms with van der Waals surface area (Å²) in [6, 6.07) is 10.5. The fraction of sp³-hybridized carbons (Fsp3) is 0. The first-order chi connectivity index (χ1) is 9.67. The van der Waals surface area contributed by atoms with E-state index in [-0.39, 0.29) is 5.16 Å². The molecule has 1 aromatic carbocycles. The third-order valence-corrected chi connectivity index (χ3v) is 3.84. The summed E-state index contributed by atoms with van der Waals surface area (Å²) in [4.78, 5) is 11.7. The van der Waals surface area contributed by atoms with Gasteiger partial charge in [0.25, 0.3) is 15.2 Å². The lowest BCUT2D eigenvalue weighted by molar-refractivity contribution is 0.592. The van der Waals surface area contributed by atoms with Crippen molar-refractivity contribution in [3.8, 4) is 0 Å². The van der Waals surface area contributed by atoms with Crippen LogP contribution in [-0.4, -0.2) is 23.4 Å². The summed E-state index contributed by atoms with van der Waals surface area (Å²) < 4.78 is 26.8. The van der Waals surface area contributed by atoms with Crippen molar-refractivity contribution in [2.45, 2.75) is 5.16 Å². The molecule has 3 rings (SSSR count). The van der Waals surface area contributed by atoms with E-state index in [2.05, 4.69) is 19.7 Å². The van der Waals surface area contributed by atoms with Crippen molar-refractivity contribution >= 4 is 26.6 Å². The Morgan fingerprint density at radius 3 is 2.35 bits per heavy atom. The second kappa shape index (κ2) is 4.86. The average Bonchev–Trinajstić information content (AvgIpc) is 2.48. The van der Waals surface area contributed by atoms with E-state index in [0.29, 0.717) is 11.2 Å². The molecule has 1 N–H and O–H groups in total. The van der Waals surface area contributed by atoms with Crippen molar-refractivity contribution in [3.63, 3.8) is 0 Å². The van der Waals surface area contributed by atoms with Crippen molar-refractivity contribution in [1.82, 2.24) is 15.0 Å². The molecular formula is C13H10N4O2S. The van der Waals surface area contributed by atoms with Crippen LogP contribution in [0.2, 0.25) is 0 Å². The zero-order valence-corrected chi connectivity index (χ0v) is 11.1. The number of rotatable bonds is 3. The van der Waals surface area contributed by atoms with Gasteiger partial charge >= 0.3 is 0 Å². The second-order valence-electron chi connectivity index (χ2n) is 4.02. The normalized spacial score (nSPS) is 11.4. The van der Waals surface area contributed by atoms with Crippen LogP contribution in [0.4, 0.5) is 5.69 Å². The molecule has 0 saturated carbocycles. The van der Waals surface area contributed by atoms with Crippen LogP contribution in [-0.2, 0) is 10.0 Å². The van der Waals surface area contributed by atoms with Crippen LogP contribution in [0.3, 0.4) is 0 Å². The van der Waals surface area contributed by atoms with Crippen LogP contribution in [0.5, 0.6) is 0 Å². The number of nitrogens with one attached hydrogen (secondary N) is 1. The van der Waals surface area contributed by atoms with Gasteiger partial charge in [-0.15, -0.1) is 0 Å². The first-order valence-corrected chi connectivity index (χ1v) is 7.29. The summed E-state index contributed by atoms with van der Waals surface area (Å²) in [6.07, 6.45) is 4.37. The predicted molar refractivity (Wildman–Crippen MR) is 74.6 cm³/mol. The minimum atomic E-state index is -3.82. The molecule has 0 amide bonds. The fourth-order valence-corrected chi connectivity index (χ4v) is 2.75. The number of fused-ring (bicyclic) bond motifs is 1. The van der Waals surface area contributed by atoms with Gasteiger partial charge < -0.3 is 0 Å². The van der Waals surface area contributed by atoms with Crippen LogP contribution in [0, 0.1) is 0 Å². The summed E-state index contributed by atoms with van der Waals surface area (Å²) in [5, 5.41) is 0.578. The van der Waals surface area contributed by atoms with E-state index in [1.54, 1.807) is 30.5 Å². The largest absolute Gasteiger partial charge is 0.297 e. The SMILES string of the molecule is O=S(=O)(Nc1cccc2cccnc12)c1ncccn1.